The summed E-state index contributed by atoms with van der Waals surface area (Å²) in [5, 5.41) is 8.24. The molecule has 1 amide bonds. The van der Waals surface area contributed by atoms with Gasteiger partial charge in [-0.2, -0.15) is 0 Å². The van der Waals surface area contributed by atoms with Crippen molar-refractivity contribution in [3.63, 3.8) is 0 Å². The number of benzene rings is 1. The van der Waals surface area contributed by atoms with Gasteiger partial charge in [-0.05, 0) is 25.0 Å². The lowest BCUT2D eigenvalue weighted by molar-refractivity contribution is -0.495. The van der Waals surface area contributed by atoms with E-state index in [9.17, 15) is 18.0 Å². The fourth-order valence-corrected chi connectivity index (χ4v) is 5.65. The molecule has 0 atom stereocenters. The largest absolute Gasteiger partial charge is 0.437 e. The summed E-state index contributed by atoms with van der Waals surface area (Å²) in [5.74, 6) is -1.47. The van der Waals surface area contributed by atoms with Crippen LogP contribution < -0.4 is 5.01 Å². The van der Waals surface area contributed by atoms with Crippen LogP contribution in [0.15, 0.2) is 40.5 Å². The molecule has 1 aliphatic carbocycles. The zero-order valence-electron chi connectivity index (χ0n) is 16.2. The van der Waals surface area contributed by atoms with Gasteiger partial charge in [0, 0.05) is 19.8 Å². The molecule has 9 nitrogen and oxygen atoms in total. The molecule has 0 N–H and O–H groups in total. The third kappa shape index (κ3) is 2.89. The second kappa shape index (κ2) is 6.87. The van der Waals surface area contributed by atoms with Gasteiger partial charge < -0.3 is 4.74 Å². The first-order chi connectivity index (χ1) is 13.8. The standard InChI is InChI=1S/C19H21N4O5S/c1-13-15(17(24)23(22(13)2)14-9-5-3-6-10-14)20-21-16-18(25)28-19(29(16,26)27)11-7-4-8-12-19/h3,5-6,9-10H,4,7-8,11-12H2,1-2H3/q+1. The van der Waals surface area contributed by atoms with Gasteiger partial charge in [0.15, 0.2) is 7.05 Å². The van der Waals surface area contributed by atoms with Crippen molar-refractivity contribution in [2.75, 3.05) is 12.1 Å². The molecule has 1 aromatic carbocycles. The summed E-state index contributed by atoms with van der Waals surface area (Å²) in [6, 6.07) is 8.96. The fraction of sp³-hybridized carbons (Fsp3) is 0.421. The summed E-state index contributed by atoms with van der Waals surface area (Å²) in [5.41, 5.74) is 1.09. The highest BCUT2D eigenvalue weighted by molar-refractivity contribution is 8.09. The number of esters is 1. The van der Waals surface area contributed by atoms with E-state index in [1.165, 1.54) is 5.01 Å². The normalized spacial score (nSPS) is 26.1. The Hall–Kier alpha value is -2.88. The molecule has 1 aromatic rings. The van der Waals surface area contributed by atoms with E-state index < -0.39 is 31.7 Å². The number of nitrogens with zero attached hydrogens (tertiary/aromatic N) is 4. The number of hydrazine groups is 1. The first-order valence-corrected chi connectivity index (χ1v) is 10.9. The number of rotatable bonds is 2. The van der Waals surface area contributed by atoms with Crippen LogP contribution in [0.25, 0.3) is 0 Å². The van der Waals surface area contributed by atoms with Gasteiger partial charge in [-0.3, -0.25) is 4.79 Å². The average Bonchev–Trinajstić information content (AvgIpc) is 3.02. The molecule has 4 rings (SSSR count). The van der Waals surface area contributed by atoms with Crippen LogP contribution in [0.2, 0.25) is 0 Å². The molecular weight excluding hydrogens is 396 g/mol. The summed E-state index contributed by atoms with van der Waals surface area (Å²) < 4.78 is 32.7. The maximum absolute atomic E-state index is 12.9. The Bertz CT molecular complexity index is 1080. The summed E-state index contributed by atoms with van der Waals surface area (Å²) in [6.45, 7) is 1.67. The highest BCUT2D eigenvalue weighted by atomic mass is 32.2. The smallest absolute Gasteiger partial charge is 0.372 e. The molecule has 10 heteroatoms. The number of ether oxygens (including phenoxy) is 1. The lowest BCUT2D eigenvalue weighted by Gasteiger charge is -2.29. The van der Waals surface area contributed by atoms with E-state index in [0.717, 1.165) is 6.42 Å². The highest BCUT2D eigenvalue weighted by Gasteiger charge is 2.59. The Morgan fingerprint density at radius 2 is 1.72 bits per heavy atom. The van der Waals surface area contributed by atoms with Crippen LogP contribution in [0.4, 0.5) is 5.69 Å². The van der Waals surface area contributed by atoms with Crippen molar-refractivity contribution in [1.82, 2.24) is 0 Å². The molecule has 2 aliphatic heterocycles. The van der Waals surface area contributed by atoms with E-state index in [-0.39, 0.29) is 18.6 Å². The third-order valence-corrected chi connectivity index (χ3v) is 7.81. The van der Waals surface area contributed by atoms with Crippen molar-refractivity contribution in [3.8, 4) is 0 Å². The molecule has 152 valence electrons. The van der Waals surface area contributed by atoms with E-state index in [4.69, 9.17) is 4.74 Å². The second-order valence-corrected chi connectivity index (χ2v) is 9.42. The molecule has 0 unspecified atom stereocenters. The predicted octanol–water partition coefficient (Wildman–Crippen LogP) is 1.44. The first-order valence-electron chi connectivity index (χ1n) is 9.39. The van der Waals surface area contributed by atoms with Gasteiger partial charge >= 0.3 is 11.9 Å². The van der Waals surface area contributed by atoms with Gasteiger partial charge in [0.25, 0.3) is 5.04 Å². The van der Waals surface area contributed by atoms with Crippen molar-refractivity contribution in [1.29, 1.82) is 0 Å². The number of amides is 1. The van der Waals surface area contributed by atoms with Crippen molar-refractivity contribution in [3.05, 3.63) is 30.3 Å². The molecule has 1 spiro atoms. The number of carbonyl (C=O) groups is 2. The number of para-hydroxylation sites is 1. The average molecular weight is 417 g/mol. The quantitative estimate of drug-likeness (QED) is 0.411. The molecule has 0 aromatic heterocycles. The fourth-order valence-electron chi connectivity index (χ4n) is 3.87. The molecule has 2 heterocycles. The Kier molecular flexibility index (Phi) is 4.60. The lowest BCUT2D eigenvalue weighted by Crippen LogP contribution is -2.39. The van der Waals surface area contributed by atoms with Crippen LogP contribution in [0, 0.1) is 0 Å². The number of carbonyl (C=O) groups excluding carboxylic acids is 2. The number of hydrazone groups is 1. The topological polar surface area (TPSA) is 108 Å². The van der Waals surface area contributed by atoms with Crippen LogP contribution in [-0.4, -0.2) is 53.4 Å². The third-order valence-electron chi connectivity index (χ3n) is 5.58. The van der Waals surface area contributed by atoms with Crippen LogP contribution >= 0.6 is 0 Å². The molecular formula is C19H21N4O5S+. The van der Waals surface area contributed by atoms with Crippen molar-refractivity contribution < 1.29 is 27.4 Å². The Morgan fingerprint density at radius 1 is 1.07 bits per heavy atom. The van der Waals surface area contributed by atoms with Gasteiger partial charge in [-0.25, -0.2) is 13.2 Å². The van der Waals surface area contributed by atoms with E-state index in [1.54, 1.807) is 42.9 Å². The van der Waals surface area contributed by atoms with Gasteiger partial charge in [0.05, 0.1) is 0 Å². The first kappa shape index (κ1) is 19.4. The maximum Gasteiger partial charge on any atom is 0.372 e. The van der Waals surface area contributed by atoms with Crippen LogP contribution in [0.1, 0.15) is 39.0 Å². The summed E-state index contributed by atoms with van der Waals surface area (Å²) in [6.07, 6.45) is 2.73. The van der Waals surface area contributed by atoms with Gasteiger partial charge in [-0.15, -0.1) is 14.9 Å². The SMILES string of the molecule is CC1=[N+](C)N(c2ccccc2)C(=O)C1=N/N=C1\C(=O)OC2(CCCCC2)S1(=O)=O. The van der Waals surface area contributed by atoms with Crippen LogP contribution in [-0.2, 0) is 24.2 Å². The van der Waals surface area contributed by atoms with Crippen molar-refractivity contribution in [2.45, 2.75) is 44.0 Å². The lowest BCUT2D eigenvalue weighted by atomic mass is 9.97. The minimum absolute atomic E-state index is 0.0311. The minimum atomic E-state index is -4.08. The molecule has 1 saturated heterocycles. The minimum Gasteiger partial charge on any atom is -0.437 e. The number of hydrogen-bond acceptors (Lipinski definition) is 7. The maximum atomic E-state index is 12.9. The summed E-state index contributed by atoms with van der Waals surface area (Å²) in [4.78, 5) is 23.6. The molecule has 0 radical (unpaired) electrons. The van der Waals surface area contributed by atoms with Crippen molar-refractivity contribution >= 4 is 43.9 Å². The zero-order valence-corrected chi connectivity index (χ0v) is 17.0. The van der Waals surface area contributed by atoms with E-state index in [2.05, 4.69) is 10.2 Å². The molecule has 29 heavy (non-hydrogen) atoms. The number of anilines is 1. The van der Waals surface area contributed by atoms with E-state index in [0.29, 0.717) is 24.2 Å². The van der Waals surface area contributed by atoms with E-state index in [1.807, 2.05) is 6.07 Å². The van der Waals surface area contributed by atoms with Crippen LogP contribution in [0.3, 0.4) is 0 Å². The van der Waals surface area contributed by atoms with E-state index >= 15 is 0 Å². The van der Waals surface area contributed by atoms with Crippen molar-refractivity contribution in [2.24, 2.45) is 10.2 Å². The summed E-state index contributed by atoms with van der Waals surface area (Å²) in [7, 11) is -2.39. The van der Waals surface area contributed by atoms with Gasteiger partial charge in [0.1, 0.15) is 5.69 Å². The van der Waals surface area contributed by atoms with Crippen LogP contribution in [0.5, 0.6) is 0 Å². The van der Waals surface area contributed by atoms with Gasteiger partial charge in [0.2, 0.25) is 26.2 Å². The monoisotopic (exact) mass is 417 g/mol. The number of sulfone groups is 1. The molecule has 3 aliphatic rings. The Labute approximate surface area is 168 Å². The predicted molar refractivity (Wildman–Crippen MR) is 106 cm³/mol. The molecule has 0 bridgehead atoms. The molecule has 1 saturated carbocycles. The molecule has 2 fully saturated rings. The second-order valence-electron chi connectivity index (χ2n) is 7.28. The number of hydrogen-bond donors (Lipinski definition) is 0. The highest BCUT2D eigenvalue weighted by Crippen LogP contribution is 2.41. The Morgan fingerprint density at radius 3 is 2.38 bits per heavy atom. The summed E-state index contributed by atoms with van der Waals surface area (Å²) >= 11 is 0. The van der Waals surface area contributed by atoms with Gasteiger partial charge in [-0.1, -0.05) is 29.6 Å². The zero-order chi connectivity index (χ0) is 20.8. The Balaban J connectivity index is 1.71.